The van der Waals surface area contributed by atoms with Gasteiger partial charge in [-0.2, -0.15) is 0 Å². The lowest BCUT2D eigenvalue weighted by molar-refractivity contribution is -0.153. The van der Waals surface area contributed by atoms with Gasteiger partial charge < -0.3 is 10.0 Å². The van der Waals surface area contributed by atoms with Crippen LogP contribution < -0.4 is 0 Å². The average Bonchev–Trinajstić information content (AvgIpc) is 2.91. The molecule has 1 amide bonds. The van der Waals surface area contributed by atoms with Crippen molar-refractivity contribution in [1.82, 2.24) is 4.90 Å². The van der Waals surface area contributed by atoms with Crippen LogP contribution in [0.2, 0.25) is 5.02 Å². The van der Waals surface area contributed by atoms with E-state index >= 15 is 0 Å². The third-order valence-corrected chi connectivity index (χ3v) is 4.66. The van der Waals surface area contributed by atoms with Crippen LogP contribution in [0.1, 0.15) is 37.7 Å². The molecule has 0 spiro atoms. The van der Waals surface area contributed by atoms with E-state index in [0.29, 0.717) is 24.4 Å². The summed E-state index contributed by atoms with van der Waals surface area (Å²) in [7, 11) is 1.69. The molecule has 2 rings (SSSR count). The third kappa shape index (κ3) is 3.56. The Kier molecular flexibility index (Phi) is 4.88. The van der Waals surface area contributed by atoms with Gasteiger partial charge in [0.25, 0.3) is 0 Å². The Balaban J connectivity index is 2.03. The number of carboxylic acid groups (broad SMARTS) is 1. The summed E-state index contributed by atoms with van der Waals surface area (Å²) in [4.78, 5) is 25.4. The number of halogens is 1. The van der Waals surface area contributed by atoms with E-state index in [-0.39, 0.29) is 12.3 Å². The molecule has 1 aromatic rings. The fraction of sp³-hybridized carbons (Fsp3) is 0.500. The summed E-state index contributed by atoms with van der Waals surface area (Å²) in [6, 6.07) is 7.36. The maximum Gasteiger partial charge on any atom is 0.310 e. The first-order valence-electron chi connectivity index (χ1n) is 7.15. The van der Waals surface area contributed by atoms with Crippen molar-refractivity contribution in [2.24, 2.45) is 5.41 Å². The number of amides is 1. The van der Waals surface area contributed by atoms with E-state index < -0.39 is 11.4 Å². The van der Waals surface area contributed by atoms with Gasteiger partial charge in [-0.1, -0.05) is 42.6 Å². The lowest BCUT2D eigenvalue weighted by Crippen LogP contribution is -2.36. The first kappa shape index (κ1) is 15.8. The van der Waals surface area contributed by atoms with E-state index in [2.05, 4.69) is 0 Å². The standard InChI is InChI=1S/C16H20ClNO3/c1-18(11-12-6-2-3-7-13(12)17)14(19)10-16(15(20)21)8-4-5-9-16/h2-3,6-7H,4-5,8-11H2,1H3,(H,20,21). The first-order valence-corrected chi connectivity index (χ1v) is 7.53. The highest BCUT2D eigenvalue weighted by molar-refractivity contribution is 6.31. The summed E-state index contributed by atoms with van der Waals surface area (Å²) >= 11 is 6.09. The number of hydrogen-bond acceptors (Lipinski definition) is 2. The third-order valence-electron chi connectivity index (χ3n) is 4.30. The van der Waals surface area contributed by atoms with E-state index in [1.54, 1.807) is 18.0 Å². The summed E-state index contributed by atoms with van der Waals surface area (Å²) in [5.74, 6) is -0.987. The largest absolute Gasteiger partial charge is 0.481 e. The van der Waals surface area contributed by atoms with Gasteiger partial charge in [-0.15, -0.1) is 0 Å². The van der Waals surface area contributed by atoms with E-state index in [1.165, 1.54) is 0 Å². The highest BCUT2D eigenvalue weighted by atomic mass is 35.5. The van der Waals surface area contributed by atoms with Crippen molar-refractivity contribution in [3.63, 3.8) is 0 Å². The molecule has 1 aromatic carbocycles. The minimum absolute atomic E-state index is 0.0727. The molecule has 0 atom stereocenters. The topological polar surface area (TPSA) is 57.6 Å². The molecule has 0 saturated heterocycles. The van der Waals surface area contributed by atoms with Crippen LogP contribution in [0.5, 0.6) is 0 Å². The van der Waals surface area contributed by atoms with Crippen LogP contribution in [0, 0.1) is 5.41 Å². The SMILES string of the molecule is CN(Cc1ccccc1Cl)C(=O)CC1(C(=O)O)CCCC1. The number of carbonyl (C=O) groups excluding carboxylic acids is 1. The zero-order valence-corrected chi connectivity index (χ0v) is 12.9. The van der Waals surface area contributed by atoms with Crippen LogP contribution in [0.4, 0.5) is 0 Å². The number of nitrogens with zero attached hydrogens (tertiary/aromatic N) is 1. The molecule has 0 aromatic heterocycles. The normalized spacial score (nSPS) is 16.7. The molecule has 1 fully saturated rings. The molecule has 1 aliphatic carbocycles. The molecule has 21 heavy (non-hydrogen) atoms. The van der Waals surface area contributed by atoms with Crippen LogP contribution >= 0.6 is 11.6 Å². The van der Waals surface area contributed by atoms with Crippen LogP contribution in [0.3, 0.4) is 0 Å². The van der Waals surface area contributed by atoms with Gasteiger partial charge in [0.05, 0.1) is 5.41 Å². The second-order valence-corrected chi connectivity index (χ2v) is 6.22. The zero-order chi connectivity index (χ0) is 15.5. The molecule has 4 nitrogen and oxygen atoms in total. The molecule has 114 valence electrons. The Morgan fingerprint density at radius 2 is 1.90 bits per heavy atom. The average molecular weight is 310 g/mol. The van der Waals surface area contributed by atoms with Gasteiger partial charge in [-0.3, -0.25) is 9.59 Å². The Morgan fingerprint density at radius 3 is 2.48 bits per heavy atom. The first-order chi connectivity index (χ1) is 9.94. The lowest BCUT2D eigenvalue weighted by atomic mass is 9.82. The molecule has 0 bridgehead atoms. The van der Waals surface area contributed by atoms with Crippen molar-refractivity contribution in [2.75, 3.05) is 7.05 Å². The van der Waals surface area contributed by atoms with Crippen molar-refractivity contribution < 1.29 is 14.7 Å². The Morgan fingerprint density at radius 1 is 1.29 bits per heavy atom. The zero-order valence-electron chi connectivity index (χ0n) is 12.1. The van der Waals surface area contributed by atoms with Crippen LogP contribution in [0.15, 0.2) is 24.3 Å². The number of benzene rings is 1. The van der Waals surface area contributed by atoms with Crippen LogP contribution in [0.25, 0.3) is 0 Å². The number of rotatable bonds is 5. The smallest absolute Gasteiger partial charge is 0.310 e. The highest BCUT2D eigenvalue weighted by Gasteiger charge is 2.43. The summed E-state index contributed by atoms with van der Waals surface area (Å²) in [6.07, 6.45) is 3.02. The van der Waals surface area contributed by atoms with E-state index in [4.69, 9.17) is 11.6 Å². The number of carbonyl (C=O) groups is 2. The minimum atomic E-state index is -0.869. The minimum Gasteiger partial charge on any atom is -0.481 e. The maximum absolute atomic E-state index is 12.3. The fourth-order valence-corrected chi connectivity index (χ4v) is 3.11. The predicted molar refractivity (Wildman–Crippen MR) is 81.1 cm³/mol. The lowest BCUT2D eigenvalue weighted by Gasteiger charge is -2.26. The predicted octanol–water partition coefficient (Wildman–Crippen LogP) is 3.33. The number of hydrogen-bond donors (Lipinski definition) is 1. The van der Waals surface area contributed by atoms with E-state index in [9.17, 15) is 14.7 Å². The van der Waals surface area contributed by atoms with Gasteiger partial charge >= 0.3 is 5.97 Å². The van der Waals surface area contributed by atoms with E-state index in [1.807, 2.05) is 18.2 Å². The monoisotopic (exact) mass is 309 g/mol. The fourth-order valence-electron chi connectivity index (χ4n) is 2.91. The molecule has 0 heterocycles. The Labute approximate surface area is 129 Å². The van der Waals surface area contributed by atoms with Gasteiger partial charge in [0, 0.05) is 25.0 Å². The summed E-state index contributed by atoms with van der Waals surface area (Å²) in [6.45, 7) is 0.397. The molecule has 5 heteroatoms. The van der Waals surface area contributed by atoms with Crippen molar-refractivity contribution in [1.29, 1.82) is 0 Å². The van der Waals surface area contributed by atoms with Crippen LogP contribution in [-0.4, -0.2) is 28.9 Å². The number of carboxylic acids is 1. The van der Waals surface area contributed by atoms with Gasteiger partial charge in [-0.05, 0) is 24.5 Å². The summed E-state index contributed by atoms with van der Waals surface area (Å²) < 4.78 is 0. The molecule has 1 N–H and O–H groups in total. The molecule has 1 aliphatic rings. The van der Waals surface area contributed by atoms with Crippen molar-refractivity contribution in [3.8, 4) is 0 Å². The molecule has 0 radical (unpaired) electrons. The van der Waals surface area contributed by atoms with Gasteiger partial charge in [0.1, 0.15) is 0 Å². The Bertz CT molecular complexity index is 538. The maximum atomic E-state index is 12.3. The molecule has 0 unspecified atom stereocenters. The summed E-state index contributed by atoms with van der Waals surface area (Å²) in [5, 5.41) is 10.1. The highest BCUT2D eigenvalue weighted by Crippen LogP contribution is 2.41. The quantitative estimate of drug-likeness (QED) is 0.907. The molecular weight excluding hydrogens is 290 g/mol. The van der Waals surface area contributed by atoms with Crippen molar-refractivity contribution in [3.05, 3.63) is 34.9 Å². The van der Waals surface area contributed by atoms with Gasteiger partial charge in [0.2, 0.25) is 5.91 Å². The van der Waals surface area contributed by atoms with E-state index in [0.717, 1.165) is 18.4 Å². The molecule has 1 saturated carbocycles. The van der Waals surface area contributed by atoms with Crippen molar-refractivity contribution in [2.45, 2.75) is 38.6 Å². The summed E-state index contributed by atoms with van der Waals surface area (Å²) in [5.41, 5.74) is -0.00273. The second-order valence-electron chi connectivity index (χ2n) is 5.81. The Hall–Kier alpha value is -1.55. The molecular formula is C16H20ClNO3. The second kappa shape index (κ2) is 6.48. The molecule has 0 aliphatic heterocycles. The number of aliphatic carboxylic acids is 1. The van der Waals surface area contributed by atoms with Crippen molar-refractivity contribution >= 4 is 23.5 Å². The van der Waals surface area contributed by atoms with Gasteiger partial charge in [-0.25, -0.2) is 0 Å². The van der Waals surface area contributed by atoms with Gasteiger partial charge in [0.15, 0.2) is 0 Å². The van der Waals surface area contributed by atoms with Crippen LogP contribution in [-0.2, 0) is 16.1 Å².